The molecule has 0 N–H and O–H groups in total. The Labute approximate surface area is 776 Å². The molecule has 10 heteroatoms. The lowest BCUT2D eigenvalue weighted by molar-refractivity contribution is 0.590. The summed E-state index contributed by atoms with van der Waals surface area (Å²) in [5, 5.41) is 12.9. The lowest BCUT2D eigenvalue weighted by Crippen LogP contribution is -2.10. The zero-order chi connectivity index (χ0) is 92.1. The van der Waals surface area contributed by atoms with E-state index in [9.17, 15) is 17.6 Å². The molecule has 0 atom stereocenters. The molecule has 0 unspecified atom stereocenters. The first-order chi connectivity index (χ1) is 64.6. The van der Waals surface area contributed by atoms with Crippen LogP contribution >= 0.6 is 0 Å². The molecule has 24 aromatic rings. The molecule has 0 aliphatic heterocycles. The fourth-order valence-corrected chi connectivity index (χ4v) is 20.3. The van der Waals surface area contributed by atoms with E-state index < -0.39 is 0 Å². The lowest BCUT2D eigenvalue weighted by Gasteiger charge is -2.19. The molecule has 0 aliphatic carbocycles. The highest BCUT2D eigenvalue weighted by atomic mass is 19.1. The molecule has 18 aromatic carbocycles. The van der Waals surface area contributed by atoms with E-state index in [1.807, 2.05) is 57.7 Å². The van der Waals surface area contributed by atoms with E-state index in [1.54, 1.807) is 24.3 Å². The minimum Gasteiger partial charge on any atom is -0.309 e. The minimum absolute atomic E-state index is 0.0750. The second-order valence-corrected chi connectivity index (χ2v) is 40.0. The van der Waals surface area contributed by atoms with E-state index in [0.29, 0.717) is 21.5 Å². The molecular formula is C124H100F4N6. The molecule has 0 fully saturated rings. The van der Waals surface area contributed by atoms with E-state index in [0.717, 1.165) is 44.6 Å². The van der Waals surface area contributed by atoms with Crippen molar-refractivity contribution in [2.24, 2.45) is 0 Å². The summed E-state index contributed by atoms with van der Waals surface area (Å²) in [5.41, 5.74) is 31.8. The monoisotopic (exact) mass is 1750 g/mol. The van der Waals surface area contributed by atoms with E-state index in [4.69, 9.17) is 0 Å². The average Bonchev–Trinajstić information content (AvgIpc) is 1.64. The number of fused-ring (bicyclic) bond motifs is 18. The van der Waals surface area contributed by atoms with Gasteiger partial charge in [0, 0.05) is 98.8 Å². The third kappa shape index (κ3) is 14.8. The predicted octanol–water partition coefficient (Wildman–Crippen LogP) is 34.4. The van der Waals surface area contributed by atoms with Crippen LogP contribution in [0.15, 0.2) is 388 Å². The van der Waals surface area contributed by atoms with Gasteiger partial charge >= 0.3 is 0 Å². The number of hydrogen-bond acceptors (Lipinski definition) is 0. The van der Waals surface area contributed by atoms with E-state index in [1.165, 1.54) is 203 Å². The second-order valence-electron chi connectivity index (χ2n) is 40.0. The van der Waals surface area contributed by atoms with Gasteiger partial charge in [0.25, 0.3) is 0 Å². The SMILES string of the molecule is CC(C)(C)c1ccc2c(c1)c1cc(C(C)(C)C)ccc1n2-c1cccc(-c2cccc(-n3c4ccccc4c4ccccc43)c2)c1.CC(C)(C)c1ccc2c(c1)c1ccccc1n2-c1cccc(-c2cccc(-n3c4ccccc4c4cc(C(C)(C)C)ccc43)c2)c1.Fc1ccc2c(c1)c1cc(F)ccc1n2-c1cccc(-c2cccc(-n3c4ccc(F)cc4c4cc(F)ccc43)c2)c1. The fraction of sp³-hybridized carbons (Fsp3) is 0.129. The highest BCUT2D eigenvalue weighted by Crippen LogP contribution is 2.45. The third-order valence-corrected chi connectivity index (χ3v) is 27.2. The summed E-state index contributed by atoms with van der Waals surface area (Å²) < 4.78 is 70.5. The highest BCUT2D eigenvalue weighted by molar-refractivity contribution is 6.15. The normalized spacial score (nSPS) is 12.3. The van der Waals surface area contributed by atoms with Crippen LogP contribution in [0.4, 0.5) is 17.6 Å². The van der Waals surface area contributed by atoms with Crippen molar-refractivity contribution in [3.8, 4) is 67.5 Å². The third-order valence-electron chi connectivity index (χ3n) is 27.2. The Bertz CT molecular complexity index is 8290. The van der Waals surface area contributed by atoms with Crippen LogP contribution < -0.4 is 0 Å². The Kier molecular flexibility index (Phi) is 20.2. The molecule has 0 amide bonds. The molecule has 6 aromatic heterocycles. The molecule has 654 valence electrons. The van der Waals surface area contributed by atoms with Crippen LogP contribution in [0.3, 0.4) is 0 Å². The average molecular weight is 1750 g/mol. The quantitative estimate of drug-likeness (QED) is 0.129. The maximum atomic E-state index is 14.2. The summed E-state index contributed by atoms with van der Waals surface area (Å²) in [6, 6.07) is 133. The van der Waals surface area contributed by atoms with Crippen LogP contribution in [0.25, 0.3) is 198 Å². The van der Waals surface area contributed by atoms with Crippen LogP contribution in [0, 0.1) is 23.3 Å². The molecule has 0 bridgehead atoms. The molecule has 0 aliphatic rings. The Morgan fingerprint density at radius 1 is 0.142 bits per heavy atom. The second kappa shape index (κ2) is 32.2. The number of benzene rings is 18. The molecule has 0 radical (unpaired) electrons. The molecule has 0 saturated carbocycles. The van der Waals surface area contributed by atoms with Gasteiger partial charge in [-0.15, -0.1) is 0 Å². The van der Waals surface area contributed by atoms with Gasteiger partial charge in [-0.3, -0.25) is 0 Å². The molecule has 24 rings (SSSR count). The largest absolute Gasteiger partial charge is 0.309 e. The van der Waals surface area contributed by atoms with Crippen LogP contribution in [-0.2, 0) is 21.7 Å². The maximum Gasteiger partial charge on any atom is 0.123 e. The van der Waals surface area contributed by atoms with Gasteiger partial charge < -0.3 is 27.4 Å². The maximum absolute atomic E-state index is 14.2. The van der Waals surface area contributed by atoms with Crippen molar-refractivity contribution in [2.75, 3.05) is 0 Å². The van der Waals surface area contributed by atoms with Gasteiger partial charge in [-0.05, 0) is 296 Å². The van der Waals surface area contributed by atoms with E-state index in [2.05, 4.69) is 368 Å². The van der Waals surface area contributed by atoms with Crippen LogP contribution in [0.5, 0.6) is 0 Å². The summed E-state index contributed by atoms with van der Waals surface area (Å²) in [6.07, 6.45) is 0. The number of rotatable bonds is 9. The standard InChI is InChI=1S/2C44H40N2.C36H20F4N2/c1-43(2,3)31-21-23-41-37(27-31)35-17-7-9-19-39(35)45(41)33-15-11-13-29(25-33)30-14-12-16-34(26-30)46-40-20-10-8-18-36(40)38-28-32(44(4,5)6)22-24-42(38)46;1-43(2,3)31-21-23-41-37(27-31)38-28-32(44(4,5)6)22-24-42(38)46(41)34-16-12-14-30(26-34)29-13-11-15-33(25-29)45-39-19-9-7-17-35(39)36-18-8-10-20-40(36)45;37-23-7-11-33-29(17-23)30-18-24(38)8-12-34(30)41(33)27-5-1-3-21(15-27)22-4-2-6-28(16-22)42-35-13-9-25(39)19-31(35)32-20-26(40)10-14-36(32)42/h2*7-28H,1-6H3;1-20H. The van der Waals surface area contributed by atoms with Gasteiger partial charge in [-0.2, -0.15) is 0 Å². The molecule has 6 heterocycles. The number of aromatic nitrogens is 6. The summed E-state index contributed by atoms with van der Waals surface area (Å²) in [5.74, 6) is -1.53. The number of para-hydroxylation sites is 4. The first-order valence-corrected chi connectivity index (χ1v) is 46.2. The highest BCUT2D eigenvalue weighted by Gasteiger charge is 2.27. The summed E-state index contributed by atoms with van der Waals surface area (Å²) >= 11 is 0. The Morgan fingerprint density at radius 3 is 0.493 bits per heavy atom. The Balaban J connectivity index is 0.000000117. The van der Waals surface area contributed by atoms with Crippen LogP contribution in [0.1, 0.15) is 105 Å². The summed E-state index contributed by atoms with van der Waals surface area (Å²) in [4.78, 5) is 0. The predicted molar refractivity (Wildman–Crippen MR) is 556 cm³/mol. The van der Waals surface area contributed by atoms with Crippen molar-refractivity contribution >= 4 is 131 Å². The first kappa shape index (κ1) is 84.1. The number of hydrogen-bond donors (Lipinski definition) is 0. The lowest BCUT2D eigenvalue weighted by atomic mass is 9.85. The first-order valence-electron chi connectivity index (χ1n) is 46.2. The smallest absolute Gasteiger partial charge is 0.123 e. The van der Waals surface area contributed by atoms with Gasteiger partial charge in [0.15, 0.2) is 0 Å². The van der Waals surface area contributed by atoms with E-state index >= 15 is 0 Å². The zero-order valence-corrected chi connectivity index (χ0v) is 77.1. The Hall–Kier alpha value is -15.5. The van der Waals surface area contributed by atoms with Crippen molar-refractivity contribution < 1.29 is 17.6 Å². The van der Waals surface area contributed by atoms with Gasteiger partial charge in [-0.1, -0.05) is 253 Å². The Morgan fingerprint density at radius 2 is 0.299 bits per heavy atom. The summed E-state index contributed by atoms with van der Waals surface area (Å²) in [7, 11) is 0. The van der Waals surface area contributed by atoms with Crippen LogP contribution in [0.2, 0.25) is 0 Å². The van der Waals surface area contributed by atoms with Gasteiger partial charge in [0.2, 0.25) is 0 Å². The number of halogens is 4. The summed E-state index contributed by atoms with van der Waals surface area (Å²) in [6.45, 7) is 27.5. The van der Waals surface area contributed by atoms with Crippen molar-refractivity contribution in [3.63, 3.8) is 0 Å². The minimum atomic E-state index is -0.382. The van der Waals surface area contributed by atoms with Crippen LogP contribution in [-0.4, -0.2) is 27.4 Å². The van der Waals surface area contributed by atoms with Crippen molar-refractivity contribution in [1.29, 1.82) is 0 Å². The van der Waals surface area contributed by atoms with Crippen molar-refractivity contribution in [3.05, 3.63) is 434 Å². The van der Waals surface area contributed by atoms with Crippen molar-refractivity contribution in [2.45, 2.75) is 105 Å². The van der Waals surface area contributed by atoms with Crippen molar-refractivity contribution in [1.82, 2.24) is 27.4 Å². The zero-order valence-electron chi connectivity index (χ0n) is 77.1. The fourth-order valence-electron chi connectivity index (χ4n) is 20.3. The molecule has 134 heavy (non-hydrogen) atoms. The van der Waals surface area contributed by atoms with Gasteiger partial charge in [0.1, 0.15) is 23.3 Å². The molecular weight excluding hydrogens is 1650 g/mol. The van der Waals surface area contributed by atoms with Gasteiger partial charge in [-0.25, -0.2) is 17.6 Å². The topological polar surface area (TPSA) is 29.6 Å². The number of nitrogens with zero attached hydrogens (tertiary/aromatic N) is 6. The molecule has 6 nitrogen and oxygen atoms in total. The van der Waals surface area contributed by atoms with Gasteiger partial charge in [0.05, 0.1) is 66.2 Å². The molecule has 0 spiro atoms. The van der Waals surface area contributed by atoms with E-state index in [-0.39, 0.29) is 44.9 Å². The molecule has 0 saturated heterocycles.